The minimum absolute atomic E-state index is 0.0588. The predicted octanol–water partition coefficient (Wildman–Crippen LogP) is 0.781. The van der Waals surface area contributed by atoms with Crippen LogP contribution < -0.4 is 10.9 Å². The van der Waals surface area contributed by atoms with Crippen molar-refractivity contribution in [3.8, 4) is 0 Å². The van der Waals surface area contributed by atoms with Crippen LogP contribution >= 0.6 is 0 Å². The molecule has 3 atom stereocenters. The summed E-state index contributed by atoms with van der Waals surface area (Å²) in [5.74, 6) is 0.258. The lowest BCUT2D eigenvalue weighted by molar-refractivity contribution is -0.122. The molecule has 25 heavy (non-hydrogen) atoms. The van der Waals surface area contributed by atoms with Crippen LogP contribution in [0, 0.1) is 5.92 Å². The van der Waals surface area contributed by atoms with Crippen molar-refractivity contribution in [1.29, 1.82) is 0 Å². The molecule has 1 aliphatic rings. The third-order valence-electron chi connectivity index (χ3n) is 4.70. The van der Waals surface area contributed by atoms with Gasteiger partial charge in [-0.25, -0.2) is 4.98 Å². The van der Waals surface area contributed by atoms with Crippen LogP contribution in [0.3, 0.4) is 0 Å². The number of carbonyl (C=O) groups excluding carboxylic acids is 1. The Bertz CT molecular complexity index is 741. The molecular weight excluding hydrogens is 320 g/mol. The number of nitrogens with zero attached hydrogens (tertiary/aromatic N) is 3. The first-order valence-corrected chi connectivity index (χ1v) is 8.70. The quantitative estimate of drug-likeness (QED) is 0.777. The van der Waals surface area contributed by atoms with E-state index < -0.39 is 6.10 Å². The zero-order valence-corrected chi connectivity index (χ0v) is 14.1. The van der Waals surface area contributed by atoms with Crippen molar-refractivity contribution in [2.24, 2.45) is 5.92 Å². The number of aryl methyl sites for hydroxylation is 1. The fourth-order valence-electron chi connectivity index (χ4n) is 3.45. The third kappa shape index (κ3) is 4.79. The number of imidazole rings is 1. The van der Waals surface area contributed by atoms with Crippen molar-refractivity contribution in [3.05, 3.63) is 53.5 Å². The second-order valence-corrected chi connectivity index (χ2v) is 6.67. The molecule has 0 bridgehead atoms. The maximum Gasteiger partial charge on any atom is 0.250 e. The molecule has 1 amide bonds. The minimum Gasteiger partial charge on any atom is -0.391 e. The molecule has 2 N–H and O–H groups in total. The smallest absolute Gasteiger partial charge is 0.250 e. The van der Waals surface area contributed by atoms with Crippen molar-refractivity contribution >= 4 is 5.91 Å². The van der Waals surface area contributed by atoms with Crippen molar-refractivity contribution < 1.29 is 9.90 Å². The SMILES string of the molecule is O=C(CCCn1ccccc1=O)N[C@@H]1CC(Cn2ccnc2)C[C@H]1O. The van der Waals surface area contributed by atoms with Gasteiger partial charge in [0.05, 0.1) is 18.5 Å². The second-order valence-electron chi connectivity index (χ2n) is 6.67. The summed E-state index contributed by atoms with van der Waals surface area (Å²) in [6.07, 6.45) is 9.02. The van der Waals surface area contributed by atoms with Crippen LogP contribution in [0.5, 0.6) is 0 Å². The number of amides is 1. The van der Waals surface area contributed by atoms with Crippen molar-refractivity contribution in [2.45, 2.75) is 50.9 Å². The summed E-state index contributed by atoms with van der Waals surface area (Å²) in [7, 11) is 0. The van der Waals surface area contributed by atoms with E-state index >= 15 is 0 Å². The Morgan fingerprint density at radius 2 is 2.20 bits per heavy atom. The van der Waals surface area contributed by atoms with Gasteiger partial charge in [0.1, 0.15) is 0 Å². The molecule has 2 aromatic rings. The fourth-order valence-corrected chi connectivity index (χ4v) is 3.45. The van der Waals surface area contributed by atoms with E-state index in [-0.39, 0.29) is 17.5 Å². The third-order valence-corrected chi connectivity index (χ3v) is 4.70. The lowest BCUT2D eigenvalue weighted by Crippen LogP contribution is -2.39. The normalized spacial score (nSPS) is 22.8. The van der Waals surface area contributed by atoms with E-state index in [1.165, 1.54) is 6.07 Å². The van der Waals surface area contributed by atoms with E-state index in [1.807, 2.05) is 10.8 Å². The van der Waals surface area contributed by atoms with Crippen LogP contribution in [0.1, 0.15) is 25.7 Å². The number of aromatic nitrogens is 3. The summed E-state index contributed by atoms with van der Waals surface area (Å²) < 4.78 is 3.60. The monoisotopic (exact) mass is 344 g/mol. The van der Waals surface area contributed by atoms with Crippen molar-refractivity contribution in [1.82, 2.24) is 19.4 Å². The maximum atomic E-state index is 12.1. The molecule has 0 spiro atoms. The van der Waals surface area contributed by atoms with Gasteiger partial charge >= 0.3 is 0 Å². The van der Waals surface area contributed by atoms with Gasteiger partial charge in [0, 0.05) is 44.2 Å². The molecule has 1 aliphatic carbocycles. The number of carbonyl (C=O) groups is 1. The first-order valence-electron chi connectivity index (χ1n) is 8.70. The van der Waals surface area contributed by atoms with E-state index in [0.717, 1.165) is 13.0 Å². The Morgan fingerprint density at radius 3 is 2.96 bits per heavy atom. The number of hydrogen-bond acceptors (Lipinski definition) is 4. The van der Waals surface area contributed by atoms with Crippen LogP contribution in [0.15, 0.2) is 47.9 Å². The van der Waals surface area contributed by atoms with Crippen LogP contribution in [0.2, 0.25) is 0 Å². The predicted molar refractivity (Wildman–Crippen MR) is 92.8 cm³/mol. The van der Waals surface area contributed by atoms with E-state index in [0.29, 0.717) is 31.7 Å². The molecule has 7 nitrogen and oxygen atoms in total. The Morgan fingerprint density at radius 1 is 1.32 bits per heavy atom. The number of hydrogen-bond donors (Lipinski definition) is 2. The van der Waals surface area contributed by atoms with Gasteiger partial charge < -0.3 is 19.6 Å². The van der Waals surface area contributed by atoms with Gasteiger partial charge in [-0.15, -0.1) is 0 Å². The van der Waals surface area contributed by atoms with Crippen LogP contribution in [-0.4, -0.2) is 37.3 Å². The first kappa shape index (κ1) is 17.4. The van der Waals surface area contributed by atoms with E-state index in [4.69, 9.17) is 0 Å². The topological polar surface area (TPSA) is 89.2 Å². The van der Waals surface area contributed by atoms with Gasteiger partial charge in [0.25, 0.3) is 0 Å². The number of pyridine rings is 1. The lowest BCUT2D eigenvalue weighted by atomic mass is 10.1. The molecule has 3 rings (SSSR count). The van der Waals surface area contributed by atoms with Gasteiger partial charge in [-0.2, -0.15) is 0 Å². The van der Waals surface area contributed by atoms with E-state index in [1.54, 1.807) is 35.4 Å². The van der Waals surface area contributed by atoms with E-state index in [2.05, 4.69) is 10.3 Å². The molecule has 2 heterocycles. The largest absolute Gasteiger partial charge is 0.391 e. The number of nitrogens with one attached hydrogen (secondary N) is 1. The standard InChI is InChI=1S/C18H24N4O3/c23-16-11-14(12-21-9-6-19-13-21)10-15(16)20-17(24)4-3-8-22-7-2-1-5-18(22)25/h1-2,5-7,9,13-16,23H,3-4,8,10-12H2,(H,20,24)/t14?,15-,16-/m1/s1. The molecule has 0 saturated heterocycles. The molecule has 1 saturated carbocycles. The van der Waals surface area contributed by atoms with Gasteiger partial charge in [-0.1, -0.05) is 6.07 Å². The average molecular weight is 344 g/mol. The number of aliphatic hydroxyl groups is 1. The fraction of sp³-hybridized carbons (Fsp3) is 0.500. The summed E-state index contributed by atoms with van der Waals surface area (Å²) in [5.41, 5.74) is -0.0588. The highest BCUT2D eigenvalue weighted by Crippen LogP contribution is 2.27. The second kappa shape index (κ2) is 8.11. The van der Waals surface area contributed by atoms with Crippen LogP contribution in [0.25, 0.3) is 0 Å². The Hall–Kier alpha value is -2.41. The van der Waals surface area contributed by atoms with Crippen molar-refractivity contribution in [2.75, 3.05) is 0 Å². The first-order chi connectivity index (χ1) is 12.1. The summed E-state index contributed by atoms with van der Waals surface area (Å²) in [5, 5.41) is 13.1. The highest BCUT2D eigenvalue weighted by atomic mass is 16.3. The van der Waals surface area contributed by atoms with Gasteiger partial charge in [-0.05, 0) is 31.2 Å². The van der Waals surface area contributed by atoms with Crippen LogP contribution in [0.4, 0.5) is 0 Å². The zero-order chi connectivity index (χ0) is 17.6. The molecule has 2 aromatic heterocycles. The lowest BCUT2D eigenvalue weighted by Gasteiger charge is -2.16. The van der Waals surface area contributed by atoms with Gasteiger partial charge in [0.15, 0.2) is 0 Å². The molecule has 0 aliphatic heterocycles. The molecular formula is C18H24N4O3. The molecule has 1 fully saturated rings. The molecule has 134 valence electrons. The van der Waals surface area contributed by atoms with Gasteiger partial charge in [-0.3, -0.25) is 9.59 Å². The molecule has 0 aromatic carbocycles. The average Bonchev–Trinajstić information content (AvgIpc) is 3.20. The zero-order valence-electron chi connectivity index (χ0n) is 14.1. The number of rotatable bonds is 7. The highest BCUT2D eigenvalue weighted by Gasteiger charge is 2.33. The Balaban J connectivity index is 1.41. The summed E-state index contributed by atoms with van der Waals surface area (Å²) >= 11 is 0. The van der Waals surface area contributed by atoms with E-state index in [9.17, 15) is 14.7 Å². The molecule has 7 heteroatoms. The van der Waals surface area contributed by atoms with Crippen molar-refractivity contribution in [3.63, 3.8) is 0 Å². The number of aliphatic hydroxyl groups excluding tert-OH is 1. The van der Waals surface area contributed by atoms with Crippen LogP contribution in [-0.2, 0) is 17.9 Å². The molecule has 1 unspecified atom stereocenters. The molecule has 0 radical (unpaired) electrons. The van der Waals surface area contributed by atoms with Gasteiger partial charge in [0.2, 0.25) is 11.5 Å². The Kier molecular flexibility index (Phi) is 5.65. The Labute approximate surface area is 146 Å². The maximum absolute atomic E-state index is 12.1. The summed E-state index contributed by atoms with van der Waals surface area (Å²) in [6, 6.07) is 4.82. The highest BCUT2D eigenvalue weighted by molar-refractivity contribution is 5.76. The summed E-state index contributed by atoms with van der Waals surface area (Å²) in [6.45, 7) is 1.32. The summed E-state index contributed by atoms with van der Waals surface area (Å²) in [4.78, 5) is 27.7. The minimum atomic E-state index is -0.505.